The number of hydrogen-bond donors (Lipinski definition) is 1. The maximum Gasteiger partial charge on any atom is 0.338 e. The molecule has 5 aromatic rings. The molecule has 1 fully saturated rings. The van der Waals surface area contributed by atoms with Gasteiger partial charge in [0.2, 0.25) is 5.82 Å². The number of hydrogen-bond acceptors (Lipinski definition) is 12. The molecule has 0 unspecified atom stereocenters. The van der Waals surface area contributed by atoms with Gasteiger partial charge < -0.3 is 23.7 Å². The number of esters is 4. The van der Waals surface area contributed by atoms with Crippen molar-refractivity contribution < 1.29 is 42.9 Å². The number of aromatic nitrogens is 4. The Kier molecular flexibility index (Phi) is 9.87. The van der Waals surface area contributed by atoms with Crippen molar-refractivity contribution in [2.24, 2.45) is 0 Å². The fraction of sp³-hybridized carbons (Fsp3) is 0.171. The predicted octanol–water partition coefficient (Wildman–Crippen LogP) is 4.17. The van der Waals surface area contributed by atoms with E-state index >= 15 is 0 Å². The zero-order valence-electron chi connectivity index (χ0n) is 25.2. The first-order valence-electron chi connectivity index (χ1n) is 14.9. The van der Waals surface area contributed by atoms with Crippen molar-refractivity contribution in [3.63, 3.8) is 0 Å². The molecule has 1 N–H and O–H groups in total. The summed E-state index contributed by atoms with van der Waals surface area (Å²) in [6.45, 7) is -0.465. The highest BCUT2D eigenvalue weighted by molar-refractivity contribution is 5.91. The van der Waals surface area contributed by atoms with Gasteiger partial charge in [-0.2, -0.15) is 5.21 Å². The number of carbonyl (C=O) groups excluding carboxylic acids is 4. The topological polar surface area (TPSA) is 169 Å². The van der Waals surface area contributed by atoms with E-state index < -0.39 is 61.0 Å². The molecular formula is C35H28N4O9. The van der Waals surface area contributed by atoms with Gasteiger partial charge in [0, 0.05) is 0 Å². The van der Waals surface area contributed by atoms with Crippen LogP contribution in [0.4, 0.5) is 0 Å². The van der Waals surface area contributed by atoms with Crippen LogP contribution in [-0.2, 0) is 23.7 Å². The first kappa shape index (κ1) is 31.8. The fourth-order valence-corrected chi connectivity index (χ4v) is 5.06. The third-order valence-electron chi connectivity index (χ3n) is 7.40. The van der Waals surface area contributed by atoms with E-state index in [4.69, 9.17) is 23.7 Å². The van der Waals surface area contributed by atoms with Crippen LogP contribution in [0.2, 0.25) is 0 Å². The average molecular weight is 649 g/mol. The molecule has 1 aromatic heterocycles. The lowest BCUT2D eigenvalue weighted by Gasteiger charge is -2.43. The van der Waals surface area contributed by atoms with Crippen molar-refractivity contribution in [3.8, 4) is 0 Å². The van der Waals surface area contributed by atoms with Gasteiger partial charge in [-0.05, 0) is 48.5 Å². The highest BCUT2D eigenvalue weighted by Gasteiger charge is 2.54. The molecule has 1 saturated heterocycles. The number of ether oxygens (including phenoxy) is 5. The number of nitrogens with one attached hydrogen (secondary N) is 1. The van der Waals surface area contributed by atoms with Gasteiger partial charge in [-0.3, -0.25) is 0 Å². The maximum absolute atomic E-state index is 13.6. The quantitative estimate of drug-likeness (QED) is 0.170. The summed E-state index contributed by atoms with van der Waals surface area (Å²) >= 11 is 0. The van der Waals surface area contributed by atoms with E-state index in [1.54, 1.807) is 97.1 Å². The van der Waals surface area contributed by atoms with E-state index in [1.807, 2.05) is 0 Å². The number of aromatic amines is 1. The molecule has 13 heteroatoms. The van der Waals surface area contributed by atoms with Crippen molar-refractivity contribution in [3.05, 3.63) is 149 Å². The van der Waals surface area contributed by atoms with Crippen LogP contribution in [0.5, 0.6) is 0 Å². The minimum Gasteiger partial charge on any atom is -0.459 e. The summed E-state index contributed by atoms with van der Waals surface area (Å²) < 4.78 is 29.9. The van der Waals surface area contributed by atoms with Gasteiger partial charge in [0.1, 0.15) is 12.7 Å². The highest BCUT2D eigenvalue weighted by Crippen LogP contribution is 2.37. The van der Waals surface area contributed by atoms with Crippen LogP contribution in [0.15, 0.2) is 121 Å². The van der Waals surface area contributed by atoms with Crippen LogP contribution in [0, 0.1) is 0 Å². The van der Waals surface area contributed by atoms with Crippen LogP contribution in [0.1, 0.15) is 53.4 Å². The second-order valence-corrected chi connectivity index (χ2v) is 10.5. The smallest absolute Gasteiger partial charge is 0.338 e. The standard InChI is InChI=1S/C35H28N4O9/c40-32(22-13-5-1-6-14-22)44-21-26-27(46-33(41)23-15-7-2-8-16-23)28(47-34(42)24-17-9-3-10-18-24)29(30(45-26)31-36-38-39-37-31)48-35(43)25-19-11-4-12-20-25/h1-20,26-30H,21H2,(H,36,37,38,39)/t26-,27-,28+,29-,30-/m1/s1. The predicted molar refractivity (Wildman–Crippen MR) is 165 cm³/mol. The Morgan fingerprint density at radius 3 is 1.42 bits per heavy atom. The summed E-state index contributed by atoms with van der Waals surface area (Å²) in [6, 6.07) is 32.6. The normalized spacial score (nSPS) is 20.2. The average Bonchev–Trinajstić information content (AvgIpc) is 3.68. The summed E-state index contributed by atoms with van der Waals surface area (Å²) in [7, 11) is 0. The van der Waals surface area contributed by atoms with E-state index in [0.717, 1.165) is 0 Å². The third kappa shape index (κ3) is 7.43. The summed E-state index contributed by atoms with van der Waals surface area (Å²) in [5, 5.41) is 14.0. The second kappa shape index (κ2) is 14.9. The molecule has 48 heavy (non-hydrogen) atoms. The number of nitrogens with zero attached hydrogens (tertiary/aromatic N) is 3. The summed E-state index contributed by atoms with van der Waals surface area (Å²) in [5.74, 6) is -3.14. The highest BCUT2D eigenvalue weighted by atomic mass is 16.7. The van der Waals surface area contributed by atoms with Gasteiger partial charge in [0.05, 0.1) is 22.3 Å². The second-order valence-electron chi connectivity index (χ2n) is 10.5. The molecule has 1 aliphatic rings. The molecule has 242 valence electrons. The van der Waals surface area contributed by atoms with Crippen molar-refractivity contribution in [1.29, 1.82) is 0 Å². The van der Waals surface area contributed by atoms with Gasteiger partial charge in [-0.1, -0.05) is 78.0 Å². The number of carbonyl (C=O) groups is 4. The molecule has 1 aliphatic heterocycles. The minimum absolute atomic E-state index is 0.0613. The minimum atomic E-state index is -1.52. The lowest BCUT2D eigenvalue weighted by atomic mass is 9.93. The first-order valence-corrected chi connectivity index (χ1v) is 14.9. The molecule has 2 heterocycles. The molecule has 0 aliphatic carbocycles. The van der Waals surface area contributed by atoms with E-state index in [9.17, 15) is 19.2 Å². The van der Waals surface area contributed by atoms with Crippen molar-refractivity contribution in [2.45, 2.75) is 30.5 Å². The molecule has 0 radical (unpaired) electrons. The zero-order chi connectivity index (χ0) is 33.3. The Bertz CT molecular complexity index is 1830. The SMILES string of the molecule is O=C(OC[C@H]1O[C@@H](c2nn[nH]n2)[C@H](OC(=O)c2ccccc2)[C@@H](OC(=O)c2ccccc2)[C@@H]1OC(=O)c1ccccc1)c1ccccc1. The van der Waals surface area contributed by atoms with E-state index in [-0.39, 0.29) is 28.1 Å². The van der Waals surface area contributed by atoms with Crippen LogP contribution in [0.3, 0.4) is 0 Å². The Morgan fingerprint density at radius 2 is 0.979 bits per heavy atom. The monoisotopic (exact) mass is 648 g/mol. The molecular weight excluding hydrogens is 620 g/mol. The molecule has 0 bridgehead atoms. The van der Waals surface area contributed by atoms with Gasteiger partial charge in [0.25, 0.3) is 0 Å². The molecule has 0 spiro atoms. The molecule has 13 nitrogen and oxygen atoms in total. The van der Waals surface area contributed by atoms with Gasteiger partial charge >= 0.3 is 23.9 Å². The summed E-state index contributed by atoms with van der Waals surface area (Å²) in [6.07, 6.45) is -7.05. The molecule has 4 aromatic carbocycles. The maximum atomic E-state index is 13.6. The lowest BCUT2D eigenvalue weighted by Crippen LogP contribution is -2.60. The van der Waals surface area contributed by atoms with E-state index in [0.29, 0.717) is 0 Å². The summed E-state index contributed by atoms with van der Waals surface area (Å²) in [5.41, 5.74) is 0.814. The Hall–Kier alpha value is -6.21. The molecule has 0 saturated carbocycles. The van der Waals surface area contributed by atoms with E-state index in [1.165, 1.54) is 24.3 Å². The zero-order valence-corrected chi connectivity index (χ0v) is 25.2. The number of H-pyrrole nitrogens is 1. The van der Waals surface area contributed by atoms with Gasteiger partial charge in [-0.15, -0.1) is 10.2 Å². The Morgan fingerprint density at radius 1 is 0.562 bits per heavy atom. The van der Waals surface area contributed by atoms with E-state index in [2.05, 4.69) is 20.6 Å². The molecule has 0 amide bonds. The summed E-state index contributed by atoms with van der Waals surface area (Å²) in [4.78, 5) is 53.5. The van der Waals surface area contributed by atoms with Gasteiger partial charge in [0.15, 0.2) is 24.4 Å². The number of tetrazole rings is 1. The van der Waals surface area contributed by atoms with Crippen LogP contribution < -0.4 is 0 Å². The number of rotatable bonds is 10. The Labute approximate surface area is 273 Å². The van der Waals surface area contributed by atoms with Crippen molar-refractivity contribution >= 4 is 23.9 Å². The van der Waals surface area contributed by atoms with Gasteiger partial charge in [-0.25, -0.2) is 19.2 Å². The van der Waals surface area contributed by atoms with Crippen molar-refractivity contribution in [1.82, 2.24) is 20.6 Å². The van der Waals surface area contributed by atoms with Crippen LogP contribution in [0.25, 0.3) is 0 Å². The lowest BCUT2D eigenvalue weighted by molar-refractivity contribution is -0.233. The van der Waals surface area contributed by atoms with Crippen LogP contribution in [-0.4, -0.2) is 75.5 Å². The van der Waals surface area contributed by atoms with Crippen LogP contribution >= 0.6 is 0 Å². The molecule has 6 rings (SSSR count). The van der Waals surface area contributed by atoms with Crippen molar-refractivity contribution in [2.75, 3.05) is 6.61 Å². The third-order valence-corrected chi connectivity index (χ3v) is 7.40. The fourth-order valence-electron chi connectivity index (χ4n) is 5.06. The molecule has 5 atom stereocenters. The largest absolute Gasteiger partial charge is 0.459 e. The number of benzene rings is 4. The first-order chi connectivity index (χ1) is 23.5. The Balaban J connectivity index is 1.41.